The lowest BCUT2D eigenvalue weighted by Gasteiger charge is -2.06. The molecule has 0 atom stereocenters. The second-order valence-corrected chi connectivity index (χ2v) is 8.34. The first-order valence-corrected chi connectivity index (χ1v) is 11.3. The predicted molar refractivity (Wildman–Crippen MR) is 124 cm³/mol. The monoisotopic (exact) mass is 450 g/mol. The molecular weight excluding hydrogens is 428 g/mol. The Hall–Kier alpha value is -3.59. The van der Waals surface area contributed by atoms with Crippen LogP contribution < -0.4 is 14.8 Å². The molecule has 0 unspecified atom stereocenters. The number of benzene rings is 2. The first kappa shape index (κ1) is 21.6. The largest absolute Gasteiger partial charge is 0.494 e. The SMILES string of the molecule is CCCCCCOc1ccc(-c2nc3sc(=Cc4ccc([N+](=O)[O-])cc4)c(=O)n3n2)cc1. The molecule has 2 aromatic carbocycles. The van der Waals surface area contributed by atoms with Gasteiger partial charge in [0.25, 0.3) is 11.2 Å². The minimum absolute atomic E-state index is 0.00435. The van der Waals surface area contributed by atoms with E-state index in [0.717, 1.165) is 17.7 Å². The van der Waals surface area contributed by atoms with Gasteiger partial charge in [-0.2, -0.15) is 9.50 Å². The van der Waals surface area contributed by atoms with E-state index >= 15 is 0 Å². The maximum absolute atomic E-state index is 12.7. The molecule has 164 valence electrons. The zero-order chi connectivity index (χ0) is 22.5. The van der Waals surface area contributed by atoms with Gasteiger partial charge in [-0.15, -0.1) is 5.10 Å². The maximum Gasteiger partial charge on any atom is 0.291 e. The van der Waals surface area contributed by atoms with Crippen molar-refractivity contribution in [1.29, 1.82) is 0 Å². The zero-order valence-electron chi connectivity index (χ0n) is 17.6. The molecule has 4 aromatic rings. The fraction of sp³-hybridized carbons (Fsp3) is 0.261. The highest BCUT2D eigenvalue weighted by atomic mass is 32.1. The van der Waals surface area contributed by atoms with Crippen LogP contribution in [0, 0.1) is 10.1 Å². The summed E-state index contributed by atoms with van der Waals surface area (Å²) in [6.07, 6.45) is 6.32. The molecule has 0 amide bonds. The summed E-state index contributed by atoms with van der Waals surface area (Å²) in [7, 11) is 0. The highest BCUT2D eigenvalue weighted by Crippen LogP contribution is 2.21. The maximum atomic E-state index is 12.7. The van der Waals surface area contributed by atoms with E-state index in [-0.39, 0.29) is 11.2 Å². The number of nitrogens with zero attached hydrogens (tertiary/aromatic N) is 4. The number of rotatable bonds is 9. The summed E-state index contributed by atoms with van der Waals surface area (Å²) < 4.78 is 7.52. The van der Waals surface area contributed by atoms with Crippen LogP contribution in [0.1, 0.15) is 38.2 Å². The van der Waals surface area contributed by atoms with Crippen LogP contribution in [-0.2, 0) is 0 Å². The van der Waals surface area contributed by atoms with E-state index in [4.69, 9.17) is 4.74 Å². The fourth-order valence-electron chi connectivity index (χ4n) is 3.22. The average molecular weight is 451 g/mol. The van der Waals surface area contributed by atoms with Crippen molar-refractivity contribution in [1.82, 2.24) is 14.6 Å². The van der Waals surface area contributed by atoms with Gasteiger partial charge < -0.3 is 4.74 Å². The Balaban J connectivity index is 1.50. The lowest BCUT2D eigenvalue weighted by atomic mass is 10.2. The molecule has 0 spiro atoms. The van der Waals surface area contributed by atoms with Crippen molar-refractivity contribution in [3.05, 3.63) is 79.1 Å². The molecule has 0 saturated heterocycles. The molecule has 2 heterocycles. The lowest BCUT2D eigenvalue weighted by molar-refractivity contribution is -0.384. The topological polar surface area (TPSA) is 99.6 Å². The number of nitro benzene ring substituents is 1. The molecule has 0 aliphatic rings. The summed E-state index contributed by atoms with van der Waals surface area (Å²) in [6, 6.07) is 13.6. The quantitative estimate of drug-likeness (QED) is 0.215. The Labute approximate surface area is 188 Å². The summed E-state index contributed by atoms with van der Waals surface area (Å²) in [5.74, 6) is 1.28. The summed E-state index contributed by atoms with van der Waals surface area (Å²) in [4.78, 5) is 28.0. The van der Waals surface area contributed by atoms with Gasteiger partial charge in [-0.05, 0) is 54.5 Å². The van der Waals surface area contributed by atoms with Crippen LogP contribution >= 0.6 is 11.3 Å². The Morgan fingerprint density at radius 2 is 1.84 bits per heavy atom. The standard InChI is InChI=1S/C23H22N4O4S/c1-2-3-4-5-14-31-19-12-8-17(9-13-19)21-24-23-26(25-21)22(28)20(32-23)15-16-6-10-18(11-7-16)27(29)30/h6-13,15H,2-5,14H2,1H3. The van der Waals surface area contributed by atoms with Crippen molar-refractivity contribution >= 4 is 28.1 Å². The Kier molecular flexibility index (Phi) is 6.55. The minimum Gasteiger partial charge on any atom is -0.494 e. The van der Waals surface area contributed by atoms with Gasteiger partial charge in [-0.25, -0.2) is 0 Å². The molecule has 0 radical (unpaired) electrons. The fourth-order valence-corrected chi connectivity index (χ4v) is 4.13. The van der Waals surface area contributed by atoms with Gasteiger partial charge >= 0.3 is 0 Å². The second-order valence-electron chi connectivity index (χ2n) is 7.33. The molecule has 0 fully saturated rings. The van der Waals surface area contributed by atoms with E-state index in [9.17, 15) is 14.9 Å². The van der Waals surface area contributed by atoms with E-state index < -0.39 is 4.92 Å². The third-order valence-corrected chi connectivity index (χ3v) is 5.92. The van der Waals surface area contributed by atoms with E-state index in [0.29, 0.717) is 27.5 Å². The number of hydrogen-bond donors (Lipinski definition) is 0. The highest BCUT2D eigenvalue weighted by Gasteiger charge is 2.12. The van der Waals surface area contributed by atoms with Gasteiger partial charge in [0, 0.05) is 17.7 Å². The molecule has 0 aliphatic heterocycles. The summed E-state index contributed by atoms with van der Waals surface area (Å²) >= 11 is 1.23. The van der Waals surface area contributed by atoms with Gasteiger partial charge in [0.05, 0.1) is 16.1 Å². The van der Waals surface area contributed by atoms with Gasteiger partial charge in [-0.3, -0.25) is 14.9 Å². The van der Waals surface area contributed by atoms with Crippen LogP contribution in [0.5, 0.6) is 5.75 Å². The Morgan fingerprint density at radius 3 is 2.50 bits per heavy atom. The van der Waals surface area contributed by atoms with Gasteiger partial charge in [0.2, 0.25) is 4.96 Å². The zero-order valence-corrected chi connectivity index (χ0v) is 18.4. The summed E-state index contributed by atoms with van der Waals surface area (Å²) in [6.45, 7) is 2.88. The number of thiazole rings is 1. The van der Waals surface area contributed by atoms with Crippen molar-refractivity contribution in [2.24, 2.45) is 0 Å². The van der Waals surface area contributed by atoms with E-state index in [1.54, 1.807) is 18.2 Å². The molecule has 0 aliphatic carbocycles. The molecule has 0 saturated carbocycles. The smallest absolute Gasteiger partial charge is 0.291 e. The van der Waals surface area contributed by atoms with E-state index in [1.165, 1.54) is 47.2 Å². The molecule has 8 nitrogen and oxygen atoms in total. The van der Waals surface area contributed by atoms with Crippen molar-refractivity contribution in [3.8, 4) is 17.1 Å². The normalized spacial score (nSPS) is 11.8. The van der Waals surface area contributed by atoms with Crippen LogP contribution in [0.15, 0.2) is 53.3 Å². The molecule has 0 N–H and O–H groups in total. The van der Waals surface area contributed by atoms with Crippen molar-refractivity contribution in [3.63, 3.8) is 0 Å². The lowest BCUT2D eigenvalue weighted by Crippen LogP contribution is -2.23. The minimum atomic E-state index is -0.459. The third kappa shape index (κ3) is 4.83. The van der Waals surface area contributed by atoms with Crippen molar-refractivity contribution in [2.45, 2.75) is 32.6 Å². The molecule has 32 heavy (non-hydrogen) atoms. The number of non-ortho nitro benzene ring substituents is 1. The first-order chi connectivity index (χ1) is 15.5. The number of nitro groups is 1. The van der Waals surface area contributed by atoms with Crippen molar-refractivity contribution in [2.75, 3.05) is 6.61 Å². The number of ether oxygens (including phenoxy) is 1. The molecule has 4 rings (SSSR count). The Morgan fingerprint density at radius 1 is 1.09 bits per heavy atom. The second kappa shape index (κ2) is 9.69. The van der Waals surface area contributed by atoms with Crippen LogP contribution in [0.3, 0.4) is 0 Å². The average Bonchev–Trinajstić information content (AvgIpc) is 3.34. The number of aromatic nitrogens is 3. The van der Waals surface area contributed by atoms with Crippen LogP contribution in [0.25, 0.3) is 22.4 Å². The first-order valence-electron chi connectivity index (χ1n) is 10.4. The predicted octanol–water partition coefficient (Wildman–Crippen LogP) is 4.23. The molecular formula is C23H22N4O4S. The molecule has 0 bridgehead atoms. The van der Waals surface area contributed by atoms with E-state index in [1.807, 2.05) is 24.3 Å². The van der Waals surface area contributed by atoms with Gasteiger partial charge in [0.1, 0.15) is 5.75 Å². The van der Waals surface area contributed by atoms with Crippen LogP contribution in [0.4, 0.5) is 5.69 Å². The molecule has 2 aromatic heterocycles. The molecule has 9 heteroatoms. The summed E-state index contributed by atoms with van der Waals surface area (Å²) in [5, 5.41) is 15.1. The van der Waals surface area contributed by atoms with Gasteiger partial charge in [-0.1, -0.05) is 37.5 Å². The highest BCUT2D eigenvalue weighted by molar-refractivity contribution is 7.15. The van der Waals surface area contributed by atoms with E-state index in [2.05, 4.69) is 17.0 Å². The summed E-state index contributed by atoms with van der Waals surface area (Å²) in [5.41, 5.74) is 1.24. The van der Waals surface area contributed by atoms with Crippen LogP contribution in [0.2, 0.25) is 0 Å². The Bertz CT molecular complexity index is 1330. The third-order valence-electron chi connectivity index (χ3n) is 4.96. The number of unbranched alkanes of at least 4 members (excludes halogenated alkanes) is 3. The van der Waals surface area contributed by atoms with Gasteiger partial charge in [0.15, 0.2) is 5.82 Å². The number of hydrogen-bond acceptors (Lipinski definition) is 7. The van der Waals surface area contributed by atoms with Crippen molar-refractivity contribution < 1.29 is 9.66 Å². The van der Waals surface area contributed by atoms with Crippen LogP contribution in [-0.4, -0.2) is 26.1 Å². The number of fused-ring (bicyclic) bond motifs is 1.